The fourth-order valence-electron chi connectivity index (χ4n) is 2.60. The Morgan fingerprint density at radius 1 is 1.47 bits per heavy atom. The molecule has 1 aliphatic rings. The van der Waals surface area contributed by atoms with E-state index in [4.69, 9.17) is 0 Å². The summed E-state index contributed by atoms with van der Waals surface area (Å²) in [6.07, 6.45) is 5.38. The number of nitrogens with zero attached hydrogens (tertiary/aromatic N) is 1. The van der Waals surface area contributed by atoms with Crippen molar-refractivity contribution in [2.75, 3.05) is 11.5 Å². The van der Waals surface area contributed by atoms with Crippen LogP contribution >= 0.6 is 0 Å². The van der Waals surface area contributed by atoms with Crippen molar-refractivity contribution in [1.82, 2.24) is 15.3 Å². The maximum absolute atomic E-state index is 11.6. The maximum Gasteiger partial charge on any atom is 0.151 e. The van der Waals surface area contributed by atoms with Crippen LogP contribution in [0.25, 0.3) is 11.0 Å². The molecule has 6 heteroatoms. The smallest absolute Gasteiger partial charge is 0.151 e. The molecule has 0 spiro atoms. The minimum Gasteiger partial charge on any atom is -0.346 e. The number of hydrogen-bond donors (Lipinski definition) is 2. The molecule has 0 amide bonds. The molecule has 1 unspecified atom stereocenters. The summed E-state index contributed by atoms with van der Waals surface area (Å²) < 4.78 is 23.2. The first-order valence-corrected chi connectivity index (χ1v) is 8.31. The molecule has 0 aromatic carbocycles. The first kappa shape index (κ1) is 12.6. The number of aromatic nitrogens is 2. The van der Waals surface area contributed by atoms with Crippen molar-refractivity contribution in [2.45, 2.75) is 25.4 Å². The van der Waals surface area contributed by atoms with Crippen molar-refractivity contribution in [3.8, 4) is 0 Å². The molecule has 0 radical (unpaired) electrons. The Kier molecular flexibility index (Phi) is 3.28. The number of H-pyrrole nitrogens is 1. The van der Waals surface area contributed by atoms with E-state index in [0.29, 0.717) is 12.3 Å². The van der Waals surface area contributed by atoms with Crippen LogP contribution < -0.4 is 5.32 Å². The molecule has 1 fully saturated rings. The Labute approximate surface area is 112 Å². The van der Waals surface area contributed by atoms with Gasteiger partial charge in [0.2, 0.25) is 0 Å². The highest BCUT2D eigenvalue weighted by atomic mass is 32.2. The lowest BCUT2D eigenvalue weighted by Crippen LogP contribution is -2.39. The molecular formula is C13H17N3O2S. The number of nitrogens with one attached hydrogen (secondary N) is 2. The van der Waals surface area contributed by atoms with Crippen LogP contribution in [0.4, 0.5) is 0 Å². The Morgan fingerprint density at radius 3 is 3.21 bits per heavy atom. The first-order valence-electron chi connectivity index (χ1n) is 6.49. The van der Waals surface area contributed by atoms with Gasteiger partial charge in [-0.25, -0.2) is 13.4 Å². The third-order valence-electron chi connectivity index (χ3n) is 3.58. The summed E-state index contributed by atoms with van der Waals surface area (Å²) in [5.74, 6) is 0.593. The lowest BCUT2D eigenvalue weighted by molar-refractivity contribution is 0.481. The summed E-state index contributed by atoms with van der Waals surface area (Å²) in [4.78, 5) is 7.36. The van der Waals surface area contributed by atoms with E-state index < -0.39 is 9.84 Å². The quantitative estimate of drug-likeness (QED) is 0.886. The van der Waals surface area contributed by atoms with Crippen LogP contribution in [-0.4, -0.2) is 35.9 Å². The Balaban J connectivity index is 1.69. The van der Waals surface area contributed by atoms with Gasteiger partial charge in [0.15, 0.2) is 9.84 Å². The first-order chi connectivity index (χ1) is 9.14. The molecule has 102 valence electrons. The highest BCUT2D eigenvalue weighted by Crippen LogP contribution is 2.17. The van der Waals surface area contributed by atoms with Gasteiger partial charge in [-0.2, -0.15) is 0 Å². The van der Waals surface area contributed by atoms with Gasteiger partial charge in [0.25, 0.3) is 0 Å². The number of aromatic amines is 1. The van der Waals surface area contributed by atoms with Gasteiger partial charge in [-0.1, -0.05) is 0 Å². The average Bonchev–Trinajstić information content (AvgIpc) is 2.78. The molecule has 5 nitrogen and oxygen atoms in total. The van der Waals surface area contributed by atoms with E-state index in [-0.39, 0.29) is 11.8 Å². The molecule has 19 heavy (non-hydrogen) atoms. The number of sulfone groups is 1. The number of fused-ring (bicyclic) bond motifs is 1. The van der Waals surface area contributed by atoms with Gasteiger partial charge in [0, 0.05) is 30.4 Å². The van der Waals surface area contributed by atoms with Gasteiger partial charge >= 0.3 is 0 Å². The van der Waals surface area contributed by atoms with Crippen molar-refractivity contribution in [3.05, 3.63) is 30.1 Å². The molecular weight excluding hydrogens is 262 g/mol. The predicted molar refractivity (Wildman–Crippen MR) is 74.6 cm³/mol. The molecule has 3 heterocycles. The standard InChI is InChI=1S/C13H17N3O2S/c17-19(18)6-2-3-11(9-19)15-7-10-8-16-13-12(10)4-1-5-14-13/h1,4-5,8,11,15H,2-3,6-7,9H2,(H,14,16). The molecule has 1 atom stereocenters. The molecule has 2 aromatic heterocycles. The third-order valence-corrected chi connectivity index (χ3v) is 5.40. The lowest BCUT2D eigenvalue weighted by atomic mass is 10.1. The van der Waals surface area contributed by atoms with Crippen molar-refractivity contribution in [3.63, 3.8) is 0 Å². The van der Waals surface area contributed by atoms with Gasteiger partial charge in [0.1, 0.15) is 5.65 Å². The van der Waals surface area contributed by atoms with Crippen LogP contribution in [0.1, 0.15) is 18.4 Å². The SMILES string of the molecule is O=S1(=O)CCCC(NCc2c[nH]c3ncccc23)C1. The van der Waals surface area contributed by atoms with Crippen molar-refractivity contribution < 1.29 is 8.42 Å². The summed E-state index contributed by atoms with van der Waals surface area (Å²) in [6.45, 7) is 0.672. The Bertz CT molecular complexity index is 678. The molecule has 1 aliphatic heterocycles. The predicted octanol–water partition coefficient (Wildman–Crippen LogP) is 1.23. The van der Waals surface area contributed by atoms with Crippen LogP contribution in [0.5, 0.6) is 0 Å². The Hall–Kier alpha value is -1.40. The van der Waals surface area contributed by atoms with Gasteiger partial charge in [-0.15, -0.1) is 0 Å². The van der Waals surface area contributed by atoms with Gasteiger partial charge < -0.3 is 10.3 Å². The fraction of sp³-hybridized carbons (Fsp3) is 0.462. The molecule has 2 N–H and O–H groups in total. The van der Waals surface area contributed by atoms with Crippen LogP contribution in [0.3, 0.4) is 0 Å². The molecule has 0 aliphatic carbocycles. The fourth-order valence-corrected chi connectivity index (χ4v) is 4.27. The minimum absolute atomic E-state index is 0.0698. The van der Waals surface area contributed by atoms with Crippen LogP contribution in [0.2, 0.25) is 0 Å². The highest BCUT2D eigenvalue weighted by Gasteiger charge is 2.24. The molecule has 2 aromatic rings. The lowest BCUT2D eigenvalue weighted by Gasteiger charge is -2.22. The van der Waals surface area contributed by atoms with Crippen molar-refractivity contribution in [1.29, 1.82) is 0 Å². The van der Waals surface area contributed by atoms with E-state index in [1.54, 1.807) is 6.20 Å². The zero-order valence-electron chi connectivity index (χ0n) is 10.6. The van der Waals surface area contributed by atoms with E-state index in [0.717, 1.165) is 29.4 Å². The van der Waals surface area contributed by atoms with Gasteiger partial charge in [-0.3, -0.25) is 0 Å². The largest absolute Gasteiger partial charge is 0.346 e. The third kappa shape index (κ3) is 2.79. The average molecular weight is 279 g/mol. The summed E-state index contributed by atoms with van der Waals surface area (Å²) in [7, 11) is -2.85. The van der Waals surface area contributed by atoms with E-state index in [9.17, 15) is 8.42 Å². The summed E-state index contributed by atoms with van der Waals surface area (Å²) in [5, 5.41) is 4.44. The monoisotopic (exact) mass is 279 g/mol. The molecule has 0 saturated carbocycles. The maximum atomic E-state index is 11.6. The van der Waals surface area contributed by atoms with E-state index in [2.05, 4.69) is 15.3 Å². The van der Waals surface area contributed by atoms with Crippen molar-refractivity contribution in [2.24, 2.45) is 0 Å². The second-order valence-corrected chi connectivity index (χ2v) is 7.28. The highest BCUT2D eigenvalue weighted by molar-refractivity contribution is 7.91. The topological polar surface area (TPSA) is 74.8 Å². The zero-order valence-corrected chi connectivity index (χ0v) is 11.4. The van der Waals surface area contributed by atoms with Gasteiger partial charge in [0.05, 0.1) is 11.5 Å². The normalized spacial score (nSPS) is 22.6. The summed E-state index contributed by atoms with van der Waals surface area (Å²) in [6, 6.07) is 4.00. The number of pyridine rings is 1. The minimum atomic E-state index is -2.85. The zero-order chi connectivity index (χ0) is 13.3. The Morgan fingerprint density at radius 2 is 2.37 bits per heavy atom. The number of rotatable bonds is 3. The second-order valence-electron chi connectivity index (χ2n) is 5.05. The summed E-state index contributed by atoms with van der Waals surface area (Å²) >= 11 is 0. The van der Waals surface area contributed by atoms with Crippen LogP contribution in [0.15, 0.2) is 24.5 Å². The molecule has 3 rings (SSSR count). The number of hydrogen-bond acceptors (Lipinski definition) is 4. The second kappa shape index (κ2) is 4.94. The van der Waals surface area contributed by atoms with Gasteiger partial charge in [-0.05, 0) is 30.5 Å². The summed E-state index contributed by atoms with van der Waals surface area (Å²) in [5.41, 5.74) is 2.00. The molecule has 1 saturated heterocycles. The van der Waals surface area contributed by atoms with Crippen LogP contribution in [-0.2, 0) is 16.4 Å². The van der Waals surface area contributed by atoms with E-state index in [1.165, 1.54) is 0 Å². The van der Waals surface area contributed by atoms with E-state index in [1.807, 2.05) is 18.3 Å². The van der Waals surface area contributed by atoms with E-state index >= 15 is 0 Å². The molecule has 0 bridgehead atoms. The van der Waals surface area contributed by atoms with Crippen molar-refractivity contribution >= 4 is 20.9 Å². The van der Waals surface area contributed by atoms with Crippen LogP contribution in [0, 0.1) is 0 Å².